The number of hydrogen-bond acceptors (Lipinski definition) is 5. The fourth-order valence-electron chi connectivity index (χ4n) is 2.63. The molecule has 1 aromatic carbocycles. The predicted molar refractivity (Wildman–Crippen MR) is 103 cm³/mol. The van der Waals surface area contributed by atoms with Crippen molar-refractivity contribution in [1.29, 1.82) is 0 Å². The van der Waals surface area contributed by atoms with Gasteiger partial charge in [-0.25, -0.2) is 4.98 Å². The summed E-state index contributed by atoms with van der Waals surface area (Å²) in [7, 11) is 0. The summed E-state index contributed by atoms with van der Waals surface area (Å²) < 4.78 is 37.5. The van der Waals surface area contributed by atoms with Gasteiger partial charge in [-0.15, -0.1) is 11.3 Å². The average Bonchev–Trinajstić information content (AvgIpc) is 2.98. The van der Waals surface area contributed by atoms with Gasteiger partial charge in [0.15, 0.2) is 4.34 Å². The second-order valence-corrected chi connectivity index (χ2v) is 8.30. The van der Waals surface area contributed by atoms with Gasteiger partial charge in [0.05, 0.1) is 18.2 Å². The smallest absolute Gasteiger partial charge is 0.345 e. The Bertz CT molecular complexity index is 891. The Kier molecular flexibility index (Phi) is 6.35. The Morgan fingerprint density at radius 3 is 2.43 bits per heavy atom. The molecule has 3 rings (SSSR count). The molecule has 0 saturated carbocycles. The molecule has 4 nitrogen and oxygen atoms in total. The monoisotopic (exact) mass is 423 g/mol. The van der Waals surface area contributed by atoms with Crippen LogP contribution in [0.5, 0.6) is 0 Å². The zero-order valence-electron chi connectivity index (χ0n) is 14.7. The Morgan fingerprint density at radius 2 is 1.79 bits per heavy atom. The number of pyridine rings is 1. The molecule has 0 aliphatic carbocycles. The van der Waals surface area contributed by atoms with Crippen molar-refractivity contribution >= 4 is 29.0 Å². The maximum atomic E-state index is 12.6. The number of thiazole rings is 1. The molecular weight excluding hydrogens is 407 g/mol. The molecule has 0 saturated heterocycles. The van der Waals surface area contributed by atoms with Crippen LogP contribution in [0.3, 0.4) is 0 Å². The highest BCUT2D eigenvalue weighted by Crippen LogP contribution is 2.39. The van der Waals surface area contributed by atoms with E-state index in [-0.39, 0.29) is 34.5 Å². The summed E-state index contributed by atoms with van der Waals surface area (Å²) in [5, 5.41) is 2.97. The summed E-state index contributed by atoms with van der Waals surface area (Å²) in [6, 6.07) is 12.7. The van der Waals surface area contributed by atoms with Crippen LogP contribution in [-0.2, 0) is 11.2 Å². The molecule has 1 amide bonds. The van der Waals surface area contributed by atoms with Crippen LogP contribution in [0.4, 0.5) is 13.2 Å². The summed E-state index contributed by atoms with van der Waals surface area (Å²) in [6.45, 7) is 1.61. The number of nitrogens with one attached hydrogen (secondary N) is 1. The van der Waals surface area contributed by atoms with Crippen LogP contribution in [0.1, 0.15) is 27.7 Å². The van der Waals surface area contributed by atoms with E-state index in [2.05, 4.69) is 15.3 Å². The number of aryl methyl sites for hydroxylation is 1. The number of carbonyl (C=O) groups is 1. The van der Waals surface area contributed by atoms with Gasteiger partial charge in [0.25, 0.3) is 0 Å². The third-order valence-corrected chi connectivity index (χ3v) is 5.82. The minimum Gasteiger partial charge on any atom is -0.345 e. The summed E-state index contributed by atoms with van der Waals surface area (Å²) >= 11 is 0.634. The second-order valence-electron chi connectivity index (χ2n) is 5.90. The fourth-order valence-corrected chi connectivity index (χ4v) is 4.55. The average molecular weight is 423 g/mol. The molecule has 28 heavy (non-hydrogen) atoms. The first kappa shape index (κ1) is 20.3. The first-order chi connectivity index (χ1) is 13.3. The molecule has 146 valence electrons. The highest BCUT2D eigenvalue weighted by atomic mass is 32.2. The quantitative estimate of drug-likeness (QED) is 0.573. The van der Waals surface area contributed by atoms with E-state index in [1.165, 1.54) is 0 Å². The molecule has 0 aliphatic heterocycles. The highest BCUT2D eigenvalue weighted by Gasteiger charge is 2.31. The molecule has 1 N–H and O–H groups in total. The number of aromatic nitrogens is 2. The van der Waals surface area contributed by atoms with Gasteiger partial charge in [-0.05, 0) is 30.2 Å². The van der Waals surface area contributed by atoms with Crippen LogP contribution in [0.25, 0.3) is 0 Å². The van der Waals surface area contributed by atoms with Gasteiger partial charge in [0.1, 0.15) is 0 Å². The summed E-state index contributed by atoms with van der Waals surface area (Å²) in [5.41, 5.74) is -2.20. The number of carbonyl (C=O) groups excluding carboxylic acids is 1. The van der Waals surface area contributed by atoms with Crippen molar-refractivity contribution in [3.63, 3.8) is 0 Å². The molecule has 0 fully saturated rings. The number of hydrogen-bond donors (Lipinski definition) is 1. The Hall–Kier alpha value is -2.39. The van der Waals surface area contributed by atoms with E-state index >= 15 is 0 Å². The van der Waals surface area contributed by atoms with Gasteiger partial charge in [-0.1, -0.05) is 30.3 Å². The van der Waals surface area contributed by atoms with E-state index in [4.69, 9.17) is 0 Å². The SMILES string of the molecule is Cc1nc(SC(F)(F)F)sc1CC(=O)N[C@@H](c1ccccc1)c1ccncc1. The van der Waals surface area contributed by atoms with Gasteiger partial charge in [0.2, 0.25) is 5.91 Å². The Balaban J connectivity index is 1.76. The standard InChI is InChI=1S/C19H16F3N3OS2/c1-12-15(27-18(24-12)28-19(20,21)22)11-16(26)25-17(13-5-3-2-4-6-13)14-7-9-23-10-8-14/h2-10,17H,11H2,1H3,(H,25,26)/t17-/m0/s1. The Labute approximate surface area is 168 Å². The summed E-state index contributed by atoms with van der Waals surface area (Å²) in [5.74, 6) is -0.291. The van der Waals surface area contributed by atoms with Crippen LogP contribution >= 0.6 is 23.1 Å². The lowest BCUT2D eigenvalue weighted by molar-refractivity contribution is -0.120. The van der Waals surface area contributed by atoms with E-state index in [0.29, 0.717) is 10.6 Å². The third-order valence-electron chi connectivity index (χ3n) is 3.87. The van der Waals surface area contributed by atoms with Gasteiger partial charge in [-0.2, -0.15) is 13.2 Å². The van der Waals surface area contributed by atoms with Gasteiger partial charge >= 0.3 is 5.51 Å². The van der Waals surface area contributed by atoms with E-state index in [9.17, 15) is 18.0 Å². The number of amides is 1. The molecule has 2 aromatic heterocycles. The fraction of sp³-hybridized carbons (Fsp3) is 0.211. The van der Waals surface area contributed by atoms with E-state index in [0.717, 1.165) is 22.5 Å². The molecule has 0 radical (unpaired) electrons. The van der Waals surface area contributed by atoms with Crippen molar-refractivity contribution < 1.29 is 18.0 Å². The molecule has 0 spiro atoms. The van der Waals surface area contributed by atoms with Gasteiger partial charge < -0.3 is 5.32 Å². The number of benzene rings is 1. The Morgan fingerprint density at radius 1 is 1.14 bits per heavy atom. The maximum Gasteiger partial charge on any atom is 0.448 e. The minimum absolute atomic E-state index is 0.0314. The predicted octanol–water partition coefficient (Wildman–Crippen LogP) is 4.91. The first-order valence-electron chi connectivity index (χ1n) is 8.28. The van der Waals surface area contributed by atoms with E-state index < -0.39 is 5.51 Å². The van der Waals surface area contributed by atoms with Crippen molar-refractivity contribution in [2.24, 2.45) is 0 Å². The number of halogens is 3. The number of nitrogens with zero attached hydrogens (tertiary/aromatic N) is 2. The highest BCUT2D eigenvalue weighted by molar-refractivity contribution is 8.01. The second kappa shape index (κ2) is 8.74. The zero-order valence-corrected chi connectivity index (χ0v) is 16.4. The van der Waals surface area contributed by atoms with Gasteiger partial charge in [0, 0.05) is 29.0 Å². The van der Waals surface area contributed by atoms with Crippen molar-refractivity contribution in [3.05, 3.63) is 76.6 Å². The van der Waals surface area contributed by atoms with E-state index in [1.807, 2.05) is 42.5 Å². The molecule has 3 aromatic rings. The van der Waals surface area contributed by atoms with Crippen LogP contribution < -0.4 is 5.32 Å². The van der Waals surface area contributed by atoms with Crippen molar-refractivity contribution in [1.82, 2.24) is 15.3 Å². The third kappa shape index (κ3) is 5.56. The van der Waals surface area contributed by atoms with Crippen LogP contribution in [-0.4, -0.2) is 21.4 Å². The number of rotatable bonds is 6. The summed E-state index contributed by atoms with van der Waals surface area (Å²) in [6.07, 6.45) is 3.26. The first-order valence-corrected chi connectivity index (χ1v) is 9.91. The van der Waals surface area contributed by atoms with Crippen LogP contribution in [0.15, 0.2) is 59.2 Å². The molecular formula is C19H16F3N3OS2. The molecule has 9 heteroatoms. The summed E-state index contributed by atoms with van der Waals surface area (Å²) in [4.78, 5) is 21.1. The molecule has 2 heterocycles. The molecule has 1 atom stereocenters. The topological polar surface area (TPSA) is 54.9 Å². The normalized spacial score (nSPS) is 12.6. The lowest BCUT2D eigenvalue weighted by Crippen LogP contribution is -2.30. The largest absolute Gasteiger partial charge is 0.448 e. The minimum atomic E-state index is -4.40. The van der Waals surface area contributed by atoms with Crippen molar-refractivity contribution in [2.45, 2.75) is 29.2 Å². The lowest BCUT2D eigenvalue weighted by Gasteiger charge is -2.19. The van der Waals surface area contributed by atoms with Crippen molar-refractivity contribution in [3.8, 4) is 0 Å². The van der Waals surface area contributed by atoms with Crippen LogP contribution in [0.2, 0.25) is 0 Å². The maximum absolute atomic E-state index is 12.6. The number of alkyl halides is 3. The zero-order chi connectivity index (χ0) is 20.1. The molecule has 0 aliphatic rings. The molecule has 0 unspecified atom stereocenters. The number of thioether (sulfide) groups is 1. The van der Waals surface area contributed by atoms with E-state index in [1.54, 1.807) is 19.3 Å². The lowest BCUT2D eigenvalue weighted by atomic mass is 9.99. The van der Waals surface area contributed by atoms with Gasteiger partial charge in [-0.3, -0.25) is 9.78 Å². The van der Waals surface area contributed by atoms with Crippen LogP contribution in [0, 0.1) is 6.92 Å². The molecule has 0 bridgehead atoms. The van der Waals surface area contributed by atoms with Crippen molar-refractivity contribution in [2.75, 3.05) is 0 Å².